The van der Waals surface area contributed by atoms with Gasteiger partial charge in [-0.3, -0.25) is 0 Å². The maximum Gasteiger partial charge on any atom is 0.000534 e. The molecule has 1 nitrogen and oxygen atoms in total. The number of benzene rings is 1. The van der Waals surface area contributed by atoms with Gasteiger partial charge in [0.25, 0.3) is 0 Å². The second-order valence-electron chi connectivity index (χ2n) is 6.22. The van der Waals surface area contributed by atoms with Gasteiger partial charge < -0.3 is 5.32 Å². The zero-order chi connectivity index (χ0) is 13.0. The Morgan fingerprint density at radius 1 is 1.22 bits per heavy atom. The van der Waals surface area contributed by atoms with E-state index < -0.39 is 0 Å². The summed E-state index contributed by atoms with van der Waals surface area (Å²) in [6.07, 6.45) is 7.70. The molecule has 1 atom stereocenters. The van der Waals surface area contributed by atoms with Crippen LogP contribution in [-0.2, 0) is 19.3 Å². The molecular formula is C17H27N. The minimum atomic E-state index is 0.399. The lowest BCUT2D eigenvalue weighted by Crippen LogP contribution is -2.31. The molecule has 1 aliphatic carbocycles. The van der Waals surface area contributed by atoms with Crippen molar-refractivity contribution in [1.82, 2.24) is 5.32 Å². The first kappa shape index (κ1) is 13.6. The van der Waals surface area contributed by atoms with Crippen molar-refractivity contribution >= 4 is 0 Å². The number of aryl methyl sites for hydroxylation is 2. The molecule has 18 heavy (non-hydrogen) atoms. The third-order valence-corrected chi connectivity index (χ3v) is 4.25. The summed E-state index contributed by atoms with van der Waals surface area (Å²) in [5.74, 6) is 0. The van der Waals surface area contributed by atoms with E-state index in [4.69, 9.17) is 0 Å². The summed E-state index contributed by atoms with van der Waals surface area (Å²) in [6, 6.07) is 7.18. The predicted molar refractivity (Wildman–Crippen MR) is 79.1 cm³/mol. The highest BCUT2D eigenvalue weighted by molar-refractivity contribution is 5.35. The summed E-state index contributed by atoms with van der Waals surface area (Å²) in [4.78, 5) is 0. The first-order valence-corrected chi connectivity index (χ1v) is 7.42. The van der Waals surface area contributed by atoms with Crippen LogP contribution in [0.25, 0.3) is 0 Å². The molecule has 0 aromatic heterocycles. The van der Waals surface area contributed by atoms with Crippen molar-refractivity contribution in [3.8, 4) is 0 Å². The Morgan fingerprint density at radius 2 is 2.00 bits per heavy atom. The summed E-state index contributed by atoms with van der Waals surface area (Å²) in [5, 5.41) is 3.37. The van der Waals surface area contributed by atoms with Crippen LogP contribution in [0.2, 0.25) is 0 Å². The van der Waals surface area contributed by atoms with E-state index in [9.17, 15) is 0 Å². The van der Waals surface area contributed by atoms with Gasteiger partial charge >= 0.3 is 0 Å². The first-order chi connectivity index (χ1) is 8.67. The van der Waals surface area contributed by atoms with Gasteiger partial charge in [-0.1, -0.05) is 38.5 Å². The van der Waals surface area contributed by atoms with E-state index in [0.29, 0.717) is 5.41 Å². The number of rotatable bonds is 6. The maximum atomic E-state index is 3.37. The largest absolute Gasteiger partial charge is 0.319 e. The van der Waals surface area contributed by atoms with E-state index in [2.05, 4.69) is 44.4 Å². The van der Waals surface area contributed by atoms with Gasteiger partial charge in [0.1, 0.15) is 0 Å². The summed E-state index contributed by atoms with van der Waals surface area (Å²) in [7, 11) is 2.07. The van der Waals surface area contributed by atoms with Crippen molar-refractivity contribution in [3.63, 3.8) is 0 Å². The molecule has 0 heterocycles. The van der Waals surface area contributed by atoms with Crippen LogP contribution in [0.5, 0.6) is 0 Å². The van der Waals surface area contributed by atoms with Gasteiger partial charge in [-0.2, -0.15) is 0 Å². The highest BCUT2D eigenvalue weighted by atomic mass is 14.8. The van der Waals surface area contributed by atoms with E-state index >= 15 is 0 Å². The molecule has 0 fully saturated rings. The van der Waals surface area contributed by atoms with Crippen LogP contribution in [0.3, 0.4) is 0 Å². The molecule has 0 bridgehead atoms. The van der Waals surface area contributed by atoms with Crippen LogP contribution in [0.15, 0.2) is 18.2 Å². The van der Waals surface area contributed by atoms with Gasteiger partial charge in [-0.05, 0) is 61.3 Å². The minimum Gasteiger partial charge on any atom is -0.319 e. The fraction of sp³-hybridized carbons (Fsp3) is 0.647. The molecule has 1 aromatic rings. The molecule has 0 saturated heterocycles. The topological polar surface area (TPSA) is 12.0 Å². The molecule has 0 amide bonds. The van der Waals surface area contributed by atoms with Crippen molar-refractivity contribution in [3.05, 3.63) is 34.9 Å². The Bertz CT molecular complexity index is 389. The Morgan fingerprint density at radius 3 is 2.72 bits per heavy atom. The average molecular weight is 245 g/mol. The zero-order valence-corrected chi connectivity index (χ0v) is 12.2. The Labute approximate surface area is 112 Å². The zero-order valence-electron chi connectivity index (χ0n) is 12.2. The van der Waals surface area contributed by atoms with Gasteiger partial charge in [0.15, 0.2) is 0 Å². The SMILES string of the molecule is CCCC(C)(CNC)Cc1ccc2c(c1)CCC2. The van der Waals surface area contributed by atoms with Crippen LogP contribution < -0.4 is 5.32 Å². The molecule has 1 aromatic carbocycles. The number of fused-ring (bicyclic) bond motifs is 1. The molecule has 0 aliphatic heterocycles. The Hall–Kier alpha value is -0.820. The molecule has 0 radical (unpaired) electrons. The summed E-state index contributed by atoms with van der Waals surface area (Å²) in [6.45, 7) is 5.81. The van der Waals surface area contributed by atoms with E-state index in [0.717, 1.165) is 6.54 Å². The monoisotopic (exact) mass is 245 g/mol. The normalized spacial score (nSPS) is 17.5. The van der Waals surface area contributed by atoms with Crippen LogP contribution >= 0.6 is 0 Å². The third kappa shape index (κ3) is 3.14. The molecule has 2 rings (SSSR count). The Balaban J connectivity index is 2.11. The smallest absolute Gasteiger partial charge is 0.000534 e. The molecular weight excluding hydrogens is 218 g/mol. The quantitative estimate of drug-likeness (QED) is 0.805. The van der Waals surface area contributed by atoms with Crippen LogP contribution in [0.4, 0.5) is 0 Å². The lowest BCUT2D eigenvalue weighted by Gasteiger charge is -2.29. The molecule has 0 spiro atoms. The number of hydrogen-bond acceptors (Lipinski definition) is 1. The molecule has 100 valence electrons. The lowest BCUT2D eigenvalue weighted by atomic mass is 9.79. The van der Waals surface area contributed by atoms with Crippen molar-refractivity contribution in [2.24, 2.45) is 5.41 Å². The highest BCUT2D eigenvalue weighted by Gasteiger charge is 2.23. The fourth-order valence-corrected chi connectivity index (χ4v) is 3.50. The molecule has 0 saturated carbocycles. The fourth-order valence-electron chi connectivity index (χ4n) is 3.50. The molecule has 1 heteroatoms. The van der Waals surface area contributed by atoms with Crippen LogP contribution in [-0.4, -0.2) is 13.6 Å². The molecule has 1 N–H and O–H groups in total. The maximum absolute atomic E-state index is 3.37. The van der Waals surface area contributed by atoms with Crippen molar-refractivity contribution in [2.75, 3.05) is 13.6 Å². The minimum absolute atomic E-state index is 0.399. The van der Waals surface area contributed by atoms with Crippen molar-refractivity contribution in [1.29, 1.82) is 0 Å². The summed E-state index contributed by atoms with van der Waals surface area (Å²) >= 11 is 0. The van der Waals surface area contributed by atoms with Gasteiger partial charge in [0.05, 0.1) is 0 Å². The summed E-state index contributed by atoms with van der Waals surface area (Å²) < 4.78 is 0. The summed E-state index contributed by atoms with van der Waals surface area (Å²) in [5.41, 5.74) is 5.12. The highest BCUT2D eigenvalue weighted by Crippen LogP contribution is 2.30. The van der Waals surface area contributed by atoms with E-state index in [1.165, 1.54) is 44.1 Å². The average Bonchev–Trinajstić information content (AvgIpc) is 2.76. The molecule has 1 unspecified atom stereocenters. The van der Waals surface area contributed by atoms with Gasteiger partial charge in [-0.25, -0.2) is 0 Å². The first-order valence-electron chi connectivity index (χ1n) is 7.42. The standard InChI is InChI=1S/C17H27N/c1-4-10-17(2,13-18-3)12-14-8-9-15-6-5-7-16(15)11-14/h8-9,11,18H,4-7,10,12-13H2,1-3H3. The van der Waals surface area contributed by atoms with Crippen LogP contribution in [0, 0.1) is 5.41 Å². The number of hydrogen-bond donors (Lipinski definition) is 1. The van der Waals surface area contributed by atoms with Crippen molar-refractivity contribution < 1.29 is 0 Å². The van der Waals surface area contributed by atoms with Gasteiger partial charge in [0, 0.05) is 6.54 Å². The number of nitrogens with one attached hydrogen (secondary N) is 1. The second kappa shape index (κ2) is 5.88. The predicted octanol–water partition coefficient (Wildman–Crippen LogP) is 3.74. The second-order valence-corrected chi connectivity index (χ2v) is 6.22. The van der Waals surface area contributed by atoms with E-state index in [1.54, 1.807) is 11.1 Å². The third-order valence-electron chi connectivity index (χ3n) is 4.25. The molecule has 1 aliphatic rings. The lowest BCUT2D eigenvalue weighted by molar-refractivity contribution is 0.283. The van der Waals surface area contributed by atoms with E-state index in [-0.39, 0.29) is 0 Å². The van der Waals surface area contributed by atoms with Crippen molar-refractivity contribution in [2.45, 2.75) is 52.4 Å². The van der Waals surface area contributed by atoms with Gasteiger partial charge in [-0.15, -0.1) is 0 Å². The van der Waals surface area contributed by atoms with Gasteiger partial charge in [0.2, 0.25) is 0 Å². The Kier molecular flexibility index (Phi) is 4.45. The van der Waals surface area contributed by atoms with Crippen LogP contribution in [0.1, 0.15) is 49.8 Å². The van der Waals surface area contributed by atoms with E-state index in [1.807, 2.05) is 0 Å².